The molecule has 0 heterocycles. The van der Waals surface area contributed by atoms with Crippen LogP contribution in [0.2, 0.25) is 0 Å². The molecule has 104 valence electrons. The van der Waals surface area contributed by atoms with Crippen LogP contribution in [0.1, 0.15) is 0 Å². The summed E-state index contributed by atoms with van der Waals surface area (Å²) in [4.78, 5) is -1.31. The van der Waals surface area contributed by atoms with Crippen LogP contribution in [0.3, 0.4) is 0 Å². The molecule has 0 saturated carbocycles. The SMILES string of the molecule is Nc1cccc2cc(S(=O)(=O)O)cc(S(=O)(=O)O)c12.[NaH]. The molecular weight excluding hydrogens is 317 g/mol. The predicted octanol–water partition coefficient (Wildman–Crippen LogP) is 0.267. The first-order valence-electron chi connectivity index (χ1n) is 4.88. The molecule has 0 aliphatic heterocycles. The third-order valence-corrected chi connectivity index (χ3v) is 4.23. The van der Waals surface area contributed by atoms with Crippen molar-refractivity contribution in [2.24, 2.45) is 0 Å². The van der Waals surface area contributed by atoms with E-state index >= 15 is 0 Å². The molecule has 0 aliphatic carbocycles. The molecule has 0 amide bonds. The number of rotatable bonds is 2. The Hall–Kier alpha value is -0.680. The van der Waals surface area contributed by atoms with Crippen molar-refractivity contribution in [2.75, 3.05) is 5.73 Å². The Morgan fingerprint density at radius 3 is 2.05 bits per heavy atom. The van der Waals surface area contributed by atoms with Crippen LogP contribution in [-0.2, 0) is 20.2 Å². The van der Waals surface area contributed by atoms with E-state index in [0.717, 1.165) is 6.07 Å². The average molecular weight is 327 g/mol. The van der Waals surface area contributed by atoms with Crippen molar-refractivity contribution in [3.63, 3.8) is 0 Å². The van der Waals surface area contributed by atoms with E-state index in [-0.39, 0.29) is 46.0 Å². The Morgan fingerprint density at radius 2 is 1.55 bits per heavy atom. The van der Waals surface area contributed by atoms with Gasteiger partial charge in [-0.05, 0) is 23.6 Å². The molecule has 7 nitrogen and oxygen atoms in total. The summed E-state index contributed by atoms with van der Waals surface area (Å²) in [5.74, 6) is 0. The maximum atomic E-state index is 11.3. The monoisotopic (exact) mass is 327 g/mol. The Kier molecular flexibility index (Phi) is 4.87. The van der Waals surface area contributed by atoms with Crippen LogP contribution in [0.4, 0.5) is 5.69 Å². The van der Waals surface area contributed by atoms with Gasteiger partial charge in [0.2, 0.25) is 0 Å². The average Bonchev–Trinajstić information content (AvgIpc) is 2.25. The van der Waals surface area contributed by atoms with Crippen LogP contribution in [0, 0.1) is 0 Å². The molecule has 0 fully saturated rings. The van der Waals surface area contributed by atoms with E-state index in [1.54, 1.807) is 0 Å². The fraction of sp³-hybridized carbons (Fsp3) is 0. The van der Waals surface area contributed by atoms with Crippen LogP contribution >= 0.6 is 0 Å². The van der Waals surface area contributed by atoms with E-state index in [0.29, 0.717) is 6.07 Å². The molecule has 2 aromatic carbocycles. The maximum absolute atomic E-state index is 11.3. The Bertz CT molecular complexity index is 876. The van der Waals surface area contributed by atoms with Gasteiger partial charge in [-0.2, -0.15) is 16.8 Å². The van der Waals surface area contributed by atoms with Crippen LogP contribution in [-0.4, -0.2) is 55.5 Å². The number of benzene rings is 2. The molecule has 2 rings (SSSR count). The number of hydrogen-bond donors (Lipinski definition) is 3. The van der Waals surface area contributed by atoms with E-state index < -0.39 is 30.0 Å². The van der Waals surface area contributed by atoms with Crippen molar-refractivity contribution < 1.29 is 25.9 Å². The van der Waals surface area contributed by atoms with Gasteiger partial charge in [-0.3, -0.25) is 9.11 Å². The van der Waals surface area contributed by atoms with Crippen molar-refractivity contribution in [2.45, 2.75) is 9.79 Å². The minimum atomic E-state index is -4.69. The molecule has 0 unspecified atom stereocenters. The number of anilines is 1. The molecule has 2 aromatic rings. The summed E-state index contributed by atoms with van der Waals surface area (Å²) in [6, 6.07) is 6.03. The number of nitrogen functional groups attached to an aromatic ring is 1. The van der Waals surface area contributed by atoms with E-state index in [2.05, 4.69) is 0 Å². The quantitative estimate of drug-likeness (QED) is 0.409. The van der Waals surface area contributed by atoms with Crippen molar-refractivity contribution in [3.8, 4) is 0 Å². The zero-order chi connectivity index (χ0) is 14.4. The van der Waals surface area contributed by atoms with Gasteiger partial charge in [0, 0.05) is 11.1 Å². The first-order valence-corrected chi connectivity index (χ1v) is 7.76. The van der Waals surface area contributed by atoms with Gasteiger partial charge in [-0.25, -0.2) is 0 Å². The summed E-state index contributed by atoms with van der Waals surface area (Å²) in [5, 5.41) is 0.167. The summed E-state index contributed by atoms with van der Waals surface area (Å²) >= 11 is 0. The van der Waals surface area contributed by atoms with E-state index in [1.807, 2.05) is 0 Å². The van der Waals surface area contributed by atoms with Crippen molar-refractivity contribution >= 4 is 66.3 Å². The summed E-state index contributed by atoms with van der Waals surface area (Å²) < 4.78 is 62.9. The molecule has 0 aliphatic rings. The second kappa shape index (κ2) is 5.60. The van der Waals surface area contributed by atoms with Gasteiger partial charge >= 0.3 is 29.6 Å². The summed E-state index contributed by atoms with van der Waals surface area (Å²) in [6.07, 6.45) is 0. The van der Waals surface area contributed by atoms with Crippen molar-refractivity contribution in [3.05, 3.63) is 30.3 Å². The van der Waals surface area contributed by atoms with Crippen molar-refractivity contribution in [1.29, 1.82) is 0 Å². The molecular formula is C10H10NNaO6S2. The zero-order valence-electron chi connectivity index (χ0n) is 9.31. The van der Waals surface area contributed by atoms with Gasteiger partial charge in [0.05, 0.1) is 4.90 Å². The Balaban J connectivity index is 0.00000200. The molecule has 20 heavy (non-hydrogen) atoms. The number of hydrogen-bond acceptors (Lipinski definition) is 5. The van der Waals surface area contributed by atoms with Crippen LogP contribution in [0.5, 0.6) is 0 Å². The molecule has 0 atom stereocenters. The predicted molar refractivity (Wildman–Crippen MR) is 75.1 cm³/mol. The first kappa shape index (κ1) is 17.4. The van der Waals surface area contributed by atoms with Gasteiger partial charge < -0.3 is 5.73 Å². The molecule has 0 aromatic heterocycles. The van der Waals surface area contributed by atoms with Crippen LogP contribution in [0.15, 0.2) is 40.1 Å². The third-order valence-electron chi connectivity index (χ3n) is 2.52. The van der Waals surface area contributed by atoms with Gasteiger partial charge in [0.1, 0.15) is 4.90 Å². The van der Waals surface area contributed by atoms with E-state index in [1.165, 1.54) is 18.2 Å². The summed E-state index contributed by atoms with van der Waals surface area (Å²) in [5.41, 5.74) is 5.69. The Labute approximate surface area is 137 Å². The fourth-order valence-corrected chi connectivity index (χ4v) is 3.13. The molecule has 0 bridgehead atoms. The second-order valence-corrected chi connectivity index (χ2v) is 6.63. The summed E-state index contributed by atoms with van der Waals surface area (Å²) in [6.45, 7) is 0. The molecule has 10 heteroatoms. The van der Waals surface area contributed by atoms with Gasteiger partial charge in [0.15, 0.2) is 0 Å². The third kappa shape index (κ3) is 3.31. The van der Waals surface area contributed by atoms with E-state index in [9.17, 15) is 16.8 Å². The van der Waals surface area contributed by atoms with Crippen molar-refractivity contribution in [1.82, 2.24) is 0 Å². The van der Waals surface area contributed by atoms with E-state index in [4.69, 9.17) is 14.8 Å². The molecule has 0 radical (unpaired) electrons. The standard InChI is InChI=1S/C10H9NO6S2.Na.H/c11-8-3-1-2-6-4-7(18(12,13)14)5-9(10(6)8)19(15,16)17;;/h1-5H,11H2,(H,12,13,14)(H,15,16,17);;. The zero-order valence-corrected chi connectivity index (χ0v) is 10.9. The summed E-state index contributed by atoms with van der Waals surface area (Å²) in [7, 11) is -9.30. The minimum absolute atomic E-state index is 0. The first-order chi connectivity index (χ1) is 8.60. The van der Waals surface area contributed by atoms with Gasteiger partial charge in [-0.1, -0.05) is 12.1 Å². The van der Waals surface area contributed by atoms with Crippen LogP contribution < -0.4 is 5.73 Å². The molecule has 0 saturated heterocycles. The number of fused-ring (bicyclic) bond motifs is 1. The Morgan fingerprint density at radius 1 is 0.950 bits per heavy atom. The fourth-order valence-electron chi connectivity index (χ4n) is 1.74. The van der Waals surface area contributed by atoms with Gasteiger partial charge in [-0.15, -0.1) is 0 Å². The second-order valence-electron chi connectivity index (χ2n) is 3.82. The molecule has 0 spiro atoms. The van der Waals surface area contributed by atoms with Gasteiger partial charge in [0.25, 0.3) is 20.2 Å². The number of nitrogens with two attached hydrogens (primary N) is 1. The van der Waals surface area contributed by atoms with Crippen LogP contribution in [0.25, 0.3) is 10.8 Å². The topological polar surface area (TPSA) is 135 Å². The molecule has 4 N–H and O–H groups in total. The normalized spacial score (nSPS) is 12.1.